The summed E-state index contributed by atoms with van der Waals surface area (Å²) in [6.45, 7) is 6.95. The summed E-state index contributed by atoms with van der Waals surface area (Å²) in [6.07, 6.45) is 0. The van der Waals surface area contributed by atoms with Crippen molar-refractivity contribution >= 4 is 11.9 Å². The lowest BCUT2D eigenvalue weighted by atomic mass is 10.1. The van der Waals surface area contributed by atoms with Crippen LogP contribution in [0.25, 0.3) is 0 Å². The molecular formula is C10H19N7. The fourth-order valence-electron chi connectivity index (χ4n) is 2.17. The van der Waals surface area contributed by atoms with Crippen LogP contribution < -0.4 is 16.8 Å². The highest BCUT2D eigenvalue weighted by Crippen LogP contribution is 2.13. The highest BCUT2D eigenvalue weighted by Gasteiger charge is 2.25. The summed E-state index contributed by atoms with van der Waals surface area (Å²) in [4.78, 5) is 14.3. The molecule has 1 aliphatic heterocycles. The number of piperazine rings is 1. The van der Waals surface area contributed by atoms with Crippen LogP contribution in [0.5, 0.6) is 0 Å². The molecule has 0 spiro atoms. The van der Waals surface area contributed by atoms with E-state index in [0.717, 1.165) is 13.1 Å². The van der Waals surface area contributed by atoms with Gasteiger partial charge in [-0.1, -0.05) is 0 Å². The first-order valence-corrected chi connectivity index (χ1v) is 5.78. The van der Waals surface area contributed by atoms with Gasteiger partial charge in [0.05, 0.1) is 6.54 Å². The van der Waals surface area contributed by atoms with Crippen molar-refractivity contribution in [2.75, 3.05) is 24.6 Å². The standard InChI is InChI=1S/C10H19N7/c1-6-3-13-4-7(2)17(6)5-8-14-9(11)16-10(12)15-8/h6-7,13H,3-5H2,1-2H3,(H4,11,12,14,15,16). The van der Waals surface area contributed by atoms with Crippen LogP contribution in [0.1, 0.15) is 19.7 Å². The molecule has 7 nitrogen and oxygen atoms in total. The van der Waals surface area contributed by atoms with Gasteiger partial charge in [0.1, 0.15) is 5.82 Å². The zero-order valence-corrected chi connectivity index (χ0v) is 10.2. The summed E-state index contributed by atoms with van der Waals surface area (Å²) < 4.78 is 0. The maximum Gasteiger partial charge on any atom is 0.225 e. The Kier molecular flexibility index (Phi) is 3.39. The van der Waals surface area contributed by atoms with Crippen LogP contribution >= 0.6 is 0 Å². The SMILES string of the molecule is CC1CNCC(C)N1Cc1nc(N)nc(N)n1. The molecule has 94 valence electrons. The molecule has 0 bridgehead atoms. The lowest BCUT2D eigenvalue weighted by molar-refractivity contribution is 0.105. The molecular weight excluding hydrogens is 218 g/mol. The van der Waals surface area contributed by atoms with E-state index in [1.165, 1.54) is 0 Å². The number of nitrogen functional groups attached to an aromatic ring is 2. The molecule has 2 atom stereocenters. The molecule has 1 aromatic heterocycles. The van der Waals surface area contributed by atoms with Crippen LogP contribution in [0.4, 0.5) is 11.9 Å². The van der Waals surface area contributed by atoms with E-state index >= 15 is 0 Å². The van der Waals surface area contributed by atoms with E-state index in [9.17, 15) is 0 Å². The van der Waals surface area contributed by atoms with Crippen molar-refractivity contribution in [3.63, 3.8) is 0 Å². The van der Waals surface area contributed by atoms with E-state index in [2.05, 4.69) is 39.0 Å². The van der Waals surface area contributed by atoms with Gasteiger partial charge in [-0.25, -0.2) is 0 Å². The lowest BCUT2D eigenvalue weighted by Crippen LogP contribution is -2.54. The molecule has 1 aliphatic rings. The minimum Gasteiger partial charge on any atom is -0.368 e. The number of anilines is 2. The van der Waals surface area contributed by atoms with Gasteiger partial charge >= 0.3 is 0 Å². The van der Waals surface area contributed by atoms with Crippen LogP contribution in [0.3, 0.4) is 0 Å². The fourth-order valence-corrected chi connectivity index (χ4v) is 2.17. The average molecular weight is 237 g/mol. The Labute approximate surface area is 101 Å². The van der Waals surface area contributed by atoms with Gasteiger partial charge in [-0.2, -0.15) is 15.0 Å². The van der Waals surface area contributed by atoms with Crippen molar-refractivity contribution in [3.8, 4) is 0 Å². The van der Waals surface area contributed by atoms with Crippen molar-refractivity contribution in [2.45, 2.75) is 32.5 Å². The molecule has 0 saturated carbocycles. The third kappa shape index (κ3) is 2.80. The Bertz CT molecular complexity index is 364. The second-order valence-corrected chi connectivity index (χ2v) is 4.50. The number of nitrogens with one attached hydrogen (secondary N) is 1. The lowest BCUT2D eigenvalue weighted by Gasteiger charge is -2.38. The molecule has 0 aliphatic carbocycles. The van der Waals surface area contributed by atoms with Crippen LogP contribution in [-0.4, -0.2) is 45.0 Å². The molecule has 2 unspecified atom stereocenters. The summed E-state index contributed by atoms with van der Waals surface area (Å²) in [5.74, 6) is 1.00. The first kappa shape index (κ1) is 12.0. The molecule has 1 aromatic rings. The van der Waals surface area contributed by atoms with Gasteiger partial charge in [0, 0.05) is 25.2 Å². The van der Waals surface area contributed by atoms with Crippen LogP contribution in [0.15, 0.2) is 0 Å². The number of aromatic nitrogens is 3. The van der Waals surface area contributed by atoms with Gasteiger partial charge in [0.25, 0.3) is 0 Å². The van der Waals surface area contributed by atoms with Gasteiger partial charge in [-0.15, -0.1) is 0 Å². The van der Waals surface area contributed by atoms with Gasteiger partial charge in [-0.05, 0) is 13.8 Å². The van der Waals surface area contributed by atoms with E-state index in [0.29, 0.717) is 24.5 Å². The molecule has 1 fully saturated rings. The zero-order chi connectivity index (χ0) is 12.4. The van der Waals surface area contributed by atoms with E-state index in [1.807, 2.05) is 0 Å². The minimum atomic E-state index is 0.183. The average Bonchev–Trinajstić information content (AvgIpc) is 2.22. The Morgan fingerprint density at radius 2 is 1.65 bits per heavy atom. The predicted octanol–water partition coefficient (Wildman–Crippen LogP) is -0.782. The zero-order valence-electron chi connectivity index (χ0n) is 10.2. The van der Waals surface area contributed by atoms with E-state index in [-0.39, 0.29) is 11.9 Å². The maximum atomic E-state index is 5.56. The Hall–Kier alpha value is -1.47. The monoisotopic (exact) mass is 237 g/mol. The molecule has 0 radical (unpaired) electrons. The summed E-state index contributed by atoms with van der Waals surface area (Å²) in [5, 5.41) is 3.38. The Morgan fingerprint density at radius 3 is 2.18 bits per heavy atom. The van der Waals surface area contributed by atoms with Gasteiger partial charge in [-0.3, -0.25) is 4.90 Å². The Morgan fingerprint density at radius 1 is 1.12 bits per heavy atom. The minimum absolute atomic E-state index is 0.183. The normalized spacial score (nSPS) is 26.0. The largest absolute Gasteiger partial charge is 0.368 e. The quantitative estimate of drug-likeness (QED) is 0.619. The van der Waals surface area contributed by atoms with Gasteiger partial charge in [0.2, 0.25) is 11.9 Å². The van der Waals surface area contributed by atoms with Crippen molar-refractivity contribution in [3.05, 3.63) is 5.82 Å². The first-order valence-electron chi connectivity index (χ1n) is 5.78. The smallest absolute Gasteiger partial charge is 0.225 e. The highest BCUT2D eigenvalue weighted by molar-refractivity contribution is 5.25. The van der Waals surface area contributed by atoms with Crippen molar-refractivity contribution < 1.29 is 0 Å². The van der Waals surface area contributed by atoms with E-state index < -0.39 is 0 Å². The highest BCUT2D eigenvalue weighted by atomic mass is 15.3. The number of rotatable bonds is 2. The van der Waals surface area contributed by atoms with Crippen molar-refractivity contribution in [1.82, 2.24) is 25.2 Å². The topological polar surface area (TPSA) is 106 Å². The molecule has 17 heavy (non-hydrogen) atoms. The molecule has 2 heterocycles. The third-order valence-corrected chi connectivity index (χ3v) is 3.05. The van der Waals surface area contributed by atoms with Crippen LogP contribution in [-0.2, 0) is 6.54 Å². The fraction of sp³-hybridized carbons (Fsp3) is 0.700. The molecule has 5 N–H and O–H groups in total. The van der Waals surface area contributed by atoms with Crippen molar-refractivity contribution in [2.24, 2.45) is 0 Å². The summed E-state index contributed by atoms with van der Waals surface area (Å²) in [5.41, 5.74) is 11.1. The van der Waals surface area contributed by atoms with Crippen molar-refractivity contribution in [1.29, 1.82) is 0 Å². The van der Waals surface area contributed by atoms with Gasteiger partial charge in [0.15, 0.2) is 0 Å². The molecule has 0 amide bonds. The number of hydrogen-bond donors (Lipinski definition) is 3. The Balaban J connectivity index is 2.13. The number of hydrogen-bond acceptors (Lipinski definition) is 7. The first-order chi connectivity index (χ1) is 8.06. The molecule has 7 heteroatoms. The second kappa shape index (κ2) is 4.80. The summed E-state index contributed by atoms with van der Waals surface area (Å²) in [6, 6.07) is 0.885. The third-order valence-electron chi connectivity index (χ3n) is 3.05. The summed E-state index contributed by atoms with van der Waals surface area (Å²) >= 11 is 0. The summed E-state index contributed by atoms with van der Waals surface area (Å²) in [7, 11) is 0. The molecule has 1 saturated heterocycles. The van der Waals surface area contributed by atoms with Crippen LogP contribution in [0, 0.1) is 0 Å². The number of nitrogens with zero attached hydrogens (tertiary/aromatic N) is 4. The van der Waals surface area contributed by atoms with E-state index in [4.69, 9.17) is 11.5 Å². The van der Waals surface area contributed by atoms with E-state index in [1.54, 1.807) is 0 Å². The molecule has 0 aromatic carbocycles. The second-order valence-electron chi connectivity index (χ2n) is 4.50. The predicted molar refractivity (Wildman–Crippen MR) is 66.0 cm³/mol. The maximum absolute atomic E-state index is 5.56. The van der Waals surface area contributed by atoms with Crippen LogP contribution in [0.2, 0.25) is 0 Å². The van der Waals surface area contributed by atoms with Gasteiger partial charge < -0.3 is 16.8 Å². The number of nitrogens with two attached hydrogens (primary N) is 2. The molecule has 2 rings (SSSR count).